The maximum atomic E-state index is 11.5. The van der Waals surface area contributed by atoms with Crippen LogP contribution in [0.1, 0.15) is 62.5 Å². The van der Waals surface area contributed by atoms with Crippen molar-refractivity contribution < 1.29 is 9.59 Å². The molecular formula is C31H36N10O2S. The number of nitrogens with zero attached hydrogens (tertiary/aromatic N) is 8. The zero-order valence-corrected chi connectivity index (χ0v) is 26.6. The van der Waals surface area contributed by atoms with Crippen molar-refractivity contribution in [1.82, 2.24) is 39.5 Å². The zero-order valence-electron chi connectivity index (χ0n) is 25.8. The van der Waals surface area contributed by atoms with E-state index in [1.54, 1.807) is 46.0 Å². The highest BCUT2D eigenvalue weighted by Gasteiger charge is 2.24. The number of carbonyl (C=O) groups excluding carboxylic acids is 2. The minimum Gasteiger partial charge on any atom is -0.364 e. The van der Waals surface area contributed by atoms with Gasteiger partial charge in [-0.15, -0.1) is 0 Å². The Morgan fingerprint density at radius 1 is 0.705 bits per heavy atom. The van der Waals surface area contributed by atoms with E-state index < -0.39 is 11.8 Å². The summed E-state index contributed by atoms with van der Waals surface area (Å²) in [6, 6.07) is 16.7. The van der Waals surface area contributed by atoms with Gasteiger partial charge in [-0.1, -0.05) is 42.1 Å². The van der Waals surface area contributed by atoms with Crippen molar-refractivity contribution in [2.24, 2.45) is 11.5 Å². The molecule has 5 aromatic rings. The summed E-state index contributed by atoms with van der Waals surface area (Å²) in [5, 5.41) is 9.30. The summed E-state index contributed by atoms with van der Waals surface area (Å²) in [6.07, 6.45) is 5.31. The summed E-state index contributed by atoms with van der Waals surface area (Å²) >= 11 is 1.46. The van der Waals surface area contributed by atoms with Crippen LogP contribution in [0.5, 0.6) is 0 Å². The molecule has 4 aromatic heterocycles. The Kier molecular flexibility index (Phi) is 9.28. The van der Waals surface area contributed by atoms with E-state index in [9.17, 15) is 9.59 Å². The molecule has 13 heteroatoms. The van der Waals surface area contributed by atoms with E-state index in [1.165, 1.54) is 11.8 Å². The first-order valence-electron chi connectivity index (χ1n) is 13.8. The monoisotopic (exact) mass is 612 g/mol. The Labute approximate surface area is 260 Å². The summed E-state index contributed by atoms with van der Waals surface area (Å²) in [6.45, 7) is 12.0. The number of hydrogen-bond donors (Lipinski definition) is 2. The lowest BCUT2D eigenvalue weighted by molar-refractivity contribution is 0.0985. The Morgan fingerprint density at radius 3 is 1.64 bits per heavy atom. The van der Waals surface area contributed by atoms with Gasteiger partial charge in [0.05, 0.1) is 33.9 Å². The van der Waals surface area contributed by atoms with E-state index in [-0.39, 0.29) is 22.5 Å². The number of hydrogen-bond acceptors (Lipinski definition) is 9. The molecule has 1 aromatic carbocycles. The molecule has 0 aliphatic rings. The number of primary amides is 2. The third-order valence-electron chi connectivity index (χ3n) is 6.22. The van der Waals surface area contributed by atoms with Crippen LogP contribution in [0.4, 0.5) is 0 Å². The quantitative estimate of drug-likeness (QED) is 0.202. The zero-order chi connectivity index (χ0) is 32.2. The van der Waals surface area contributed by atoms with Crippen LogP contribution >= 0.6 is 11.8 Å². The van der Waals surface area contributed by atoms with Crippen LogP contribution in [0.2, 0.25) is 0 Å². The molecule has 4 heterocycles. The van der Waals surface area contributed by atoms with E-state index in [0.717, 1.165) is 22.6 Å². The minimum atomic E-state index is -0.559. The molecule has 228 valence electrons. The smallest absolute Gasteiger partial charge is 0.269 e. The summed E-state index contributed by atoms with van der Waals surface area (Å²) in [5.74, 6) is -0.486. The molecule has 12 nitrogen and oxygen atoms in total. The first-order chi connectivity index (χ1) is 20.7. The molecule has 0 aliphatic carbocycles. The first kappa shape index (κ1) is 32.0. The second-order valence-electron chi connectivity index (χ2n) is 11.8. The van der Waals surface area contributed by atoms with Crippen LogP contribution in [0.25, 0.3) is 34.2 Å². The largest absolute Gasteiger partial charge is 0.364 e. The van der Waals surface area contributed by atoms with Gasteiger partial charge in [0.2, 0.25) is 0 Å². The summed E-state index contributed by atoms with van der Waals surface area (Å²) in [5.41, 5.74) is 14.4. The number of aromatic nitrogens is 8. The van der Waals surface area contributed by atoms with Gasteiger partial charge in [0.25, 0.3) is 11.8 Å². The van der Waals surface area contributed by atoms with E-state index in [1.807, 2.05) is 78.1 Å². The lowest BCUT2D eigenvalue weighted by Gasteiger charge is -2.22. The van der Waals surface area contributed by atoms with Crippen LogP contribution in [0.3, 0.4) is 0 Å². The second-order valence-corrected chi connectivity index (χ2v) is 12.6. The standard InChI is InChI=1S/C18H19N5O.C13H17N5OS/c1-18(2,3)23-15(11-14(22-23)16(19)24)13-9-10-20-17(21-13)12-7-5-4-6-8-12;1-13(2,3)18-10(7-9(17-18)11(14)19)8-5-6-15-12(16-8)20-4/h4-11H,1-3H3,(H2,19,24);5-7H,1-4H3,(H2,14,19). The van der Waals surface area contributed by atoms with Gasteiger partial charge in [0.1, 0.15) is 0 Å². The number of amides is 2. The van der Waals surface area contributed by atoms with Crippen molar-refractivity contribution in [3.05, 3.63) is 78.4 Å². The number of thioether (sulfide) groups is 1. The van der Waals surface area contributed by atoms with Crippen LogP contribution in [0.15, 0.2) is 72.1 Å². The maximum Gasteiger partial charge on any atom is 0.269 e. The molecule has 0 bridgehead atoms. The maximum absolute atomic E-state index is 11.5. The van der Waals surface area contributed by atoms with Crippen LogP contribution < -0.4 is 11.5 Å². The van der Waals surface area contributed by atoms with Crippen molar-refractivity contribution >= 4 is 23.6 Å². The number of nitrogens with two attached hydrogens (primary N) is 2. The van der Waals surface area contributed by atoms with Crippen LogP contribution in [-0.4, -0.2) is 57.6 Å². The van der Waals surface area contributed by atoms with Gasteiger partial charge in [-0.25, -0.2) is 19.9 Å². The highest BCUT2D eigenvalue weighted by atomic mass is 32.2. The number of benzene rings is 1. The molecule has 44 heavy (non-hydrogen) atoms. The van der Waals surface area contributed by atoms with Gasteiger partial charge in [-0.3, -0.25) is 19.0 Å². The molecule has 0 saturated carbocycles. The Morgan fingerprint density at radius 2 is 1.18 bits per heavy atom. The molecule has 5 rings (SSSR count). The van der Waals surface area contributed by atoms with Crippen molar-refractivity contribution in [2.45, 2.75) is 57.8 Å². The molecule has 0 aliphatic heterocycles. The van der Waals surface area contributed by atoms with E-state index in [4.69, 9.17) is 11.5 Å². The third kappa shape index (κ3) is 7.35. The molecule has 0 saturated heterocycles. The lowest BCUT2D eigenvalue weighted by Crippen LogP contribution is -2.25. The lowest BCUT2D eigenvalue weighted by atomic mass is 10.1. The molecule has 2 amide bonds. The minimum absolute atomic E-state index is 0.222. The molecule has 0 radical (unpaired) electrons. The third-order valence-corrected chi connectivity index (χ3v) is 6.78. The predicted molar refractivity (Wildman–Crippen MR) is 171 cm³/mol. The first-order valence-corrected chi connectivity index (χ1v) is 15.0. The van der Waals surface area contributed by atoms with Crippen molar-refractivity contribution in [3.8, 4) is 34.2 Å². The highest BCUT2D eigenvalue weighted by molar-refractivity contribution is 7.98. The van der Waals surface area contributed by atoms with Crippen LogP contribution in [0, 0.1) is 0 Å². The van der Waals surface area contributed by atoms with Gasteiger partial charge in [-0.05, 0) is 72.1 Å². The fourth-order valence-electron chi connectivity index (χ4n) is 4.20. The average Bonchev–Trinajstić information content (AvgIpc) is 3.65. The molecule has 0 spiro atoms. The van der Waals surface area contributed by atoms with Crippen molar-refractivity contribution in [2.75, 3.05) is 6.26 Å². The molecule has 0 fully saturated rings. The normalized spacial score (nSPS) is 11.5. The highest BCUT2D eigenvalue weighted by Crippen LogP contribution is 2.28. The summed E-state index contributed by atoms with van der Waals surface area (Å²) in [4.78, 5) is 40.5. The van der Waals surface area contributed by atoms with Gasteiger partial charge in [-0.2, -0.15) is 10.2 Å². The molecule has 0 atom stereocenters. The van der Waals surface area contributed by atoms with Gasteiger partial charge < -0.3 is 11.5 Å². The molecule has 4 N–H and O–H groups in total. The average molecular weight is 613 g/mol. The van der Waals surface area contributed by atoms with E-state index >= 15 is 0 Å². The molecule has 0 unspecified atom stereocenters. The number of rotatable bonds is 6. The van der Waals surface area contributed by atoms with Crippen molar-refractivity contribution in [1.29, 1.82) is 0 Å². The summed E-state index contributed by atoms with van der Waals surface area (Å²) in [7, 11) is 0. The fourth-order valence-corrected chi connectivity index (χ4v) is 4.56. The Balaban J connectivity index is 0.000000204. The number of carbonyl (C=O) groups is 2. The van der Waals surface area contributed by atoms with E-state index in [2.05, 4.69) is 30.1 Å². The van der Waals surface area contributed by atoms with Gasteiger partial charge >= 0.3 is 0 Å². The SMILES string of the molecule is CC(C)(C)n1nc(C(N)=O)cc1-c1ccnc(-c2ccccc2)n1.CSc1nccc(-c2cc(C(N)=O)nn2C(C)(C)C)n1. The summed E-state index contributed by atoms with van der Waals surface area (Å²) < 4.78 is 3.53. The Bertz CT molecular complexity index is 1780. The van der Waals surface area contributed by atoms with Crippen LogP contribution in [-0.2, 0) is 11.1 Å². The van der Waals surface area contributed by atoms with Gasteiger partial charge in [0, 0.05) is 18.0 Å². The molecular weight excluding hydrogens is 576 g/mol. The van der Waals surface area contributed by atoms with Crippen molar-refractivity contribution in [3.63, 3.8) is 0 Å². The topological polar surface area (TPSA) is 173 Å². The van der Waals surface area contributed by atoms with Gasteiger partial charge in [0.15, 0.2) is 22.4 Å². The second kappa shape index (κ2) is 12.8. The van der Waals surface area contributed by atoms with E-state index in [0.29, 0.717) is 16.7 Å². The fraction of sp³-hybridized carbons (Fsp3) is 0.290. The predicted octanol–water partition coefficient (Wildman–Crippen LogP) is 4.78. The Hall–Kier alpha value is -4.91.